The first-order chi connectivity index (χ1) is 8.49. The zero-order valence-corrected chi connectivity index (χ0v) is 12.6. The molecule has 0 saturated heterocycles. The molecule has 0 spiro atoms. The molecule has 0 rings (SSSR count). The van der Waals surface area contributed by atoms with Crippen LogP contribution in [0.3, 0.4) is 0 Å². The topological polar surface area (TPSA) is 46.5 Å². The minimum Gasteiger partial charge on any atom is -0.481 e. The van der Waals surface area contributed by atoms with Crippen LogP contribution in [-0.2, 0) is 9.53 Å². The molecule has 1 N–H and O–H groups in total. The lowest BCUT2D eigenvalue weighted by molar-refractivity contribution is -0.136. The van der Waals surface area contributed by atoms with Crippen molar-refractivity contribution in [3.05, 3.63) is 0 Å². The van der Waals surface area contributed by atoms with Crippen LogP contribution in [0, 0.1) is 0 Å². The molecule has 0 heterocycles. The minimum atomic E-state index is -0.828. The Morgan fingerprint density at radius 2 is 1.78 bits per heavy atom. The maximum absolute atomic E-state index is 10.5. The largest absolute Gasteiger partial charge is 0.481 e. The van der Waals surface area contributed by atoms with E-state index in [0.717, 1.165) is 25.7 Å². The molecule has 4 heteroatoms. The monoisotopic (exact) mass is 274 g/mol. The summed E-state index contributed by atoms with van der Waals surface area (Å²) in [5.41, 5.74) is -0.190. The highest BCUT2D eigenvalue weighted by atomic mass is 32.1. The van der Waals surface area contributed by atoms with Crippen LogP contribution in [-0.4, -0.2) is 21.7 Å². The van der Waals surface area contributed by atoms with Crippen molar-refractivity contribution in [1.82, 2.24) is 0 Å². The molecule has 0 aromatic heterocycles. The van der Waals surface area contributed by atoms with Gasteiger partial charge in [-0.1, -0.05) is 33.6 Å². The van der Waals surface area contributed by atoms with E-state index in [1.54, 1.807) is 0 Å². The van der Waals surface area contributed by atoms with Gasteiger partial charge in [-0.3, -0.25) is 4.79 Å². The molecule has 0 unspecified atom stereocenters. The van der Waals surface area contributed by atoms with Crippen LogP contribution in [0.15, 0.2) is 0 Å². The van der Waals surface area contributed by atoms with E-state index in [-0.39, 0.29) is 12.0 Å². The lowest BCUT2D eigenvalue weighted by Crippen LogP contribution is -2.33. The Bertz CT molecular complexity index is 260. The molecule has 0 saturated carbocycles. The van der Waals surface area contributed by atoms with Gasteiger partial charge < -0.3 is 9.84 Å². The van der Waals surface area contributed by atoms with Crippen molar-refractivity contribution in [3.8, 4) is 0 Å². The van der Waals surface area contributed by atoms with Crippen LogP contribution in [0.1, 0.15) is 72.1 Å². The second-order valence-corrected chi connectivity index (χ2v) is 5.17. The van der Waals surface area contributed by atoms with E-state index in [2.05, 4.69) is 20.8 Å². The van der Waals surface area contributed by atoms with E-state index in [4.69, 9.17) is 22.1 Å². The summed E-state index contributed by atoms with van der Waals surface area (Å²) < 4.78 is 5.90. The van der Waals surface area contributed by atoms with Crippen LogP contribution >= 0.6 is 12.2 Å². The van der Waals surface area contributed by atoms with Crippen molar-refractivity contribution in [2.45, 2.75) is 77.7 Å². The molecule has 0 aromatic rings. The highest BCUT2D eigenvalue weighted by Gasteiger charge is 2.28. The summed E-state index contributed by atoms with van der Waals surface area (Å²) in [7, 11) is 0. The predicted octanol–water partition coefficient (Wildman–Crippen LogP) is 4.33. The molecular formula is C14H26O3S. The van der Waals surface area contributed by atoms with Gasteiger partial charge in [0, 0.05) is 6.42 Å². The average molecular weight is 274 g/mol. The highest BCUT2D eigenvalue weighted by molar-refractivity contribution is 7.80. The molecule has 0 aliphatic heterocycles. The molecule has 0 fully saturated rings. The molecule has 0 aliphatic carbocycles. The van der Waals surface area contributed by atoms with Crippen molar-refractivity contribution in [3.63, 3.8) is 0 Å². The molecule has 0 aliphatic rings. The third kappa shape index (κ3) is 6.94. The van der Waals surface area contributed by atoms with E-state index in [1.807, 2.05) is 0 Å². The first-order valence-electron chi connectivity index (χ1n) is 6.93. The number of thiocarbonyl (C=S) groups is 1. The number of hydrogen-bond donors (Lipinski definition) is 1. The molecular weight excluding hydrogens is 248 g/mol. The number of carbonyl (C=O) groups is 1. The first-order valence-corrected chi connectivity index (χ1v) is 7.34. The van der Waals surface area contributed by atoms with Crippen molar-refractivity contribution in [2.75, 3.05) is 0 Å². The summed E-state index contributed by atoms with van der Waals surface area (Å²) >= 11 is 5.15. The third-order valence-electron chi connectivity index (χ3n) is 3.40. The molecule has 0 atom stereocenters. The van der Waals surface area contributed by atoms with Gasteiger partial charge in [0.1, 0.15) is 5.60 Å². The zero-order valence-electron chi connectivity index (χ0n) is 11.8. The lowest BCUT2D eigenvalue weighted by Gasteiger charge is -2.33. The SMILES string of the molecule is CCCCCC(CC)(CC)OC(=S)CCC(=O)O. The molecule has 3 nitrogen and oxygen atoms in total. The fraction of sp³-hybridized carbons (Fsp3) is 0.857. The van der Waals surface area contributed by atoms with Gasteiger partial charge in [-0.2, -0.15) is 0 Å². The number of ether oxygens (including phenoxy) is 1. The molecule has 0 radical (unpaired) electrons. The van der Waals surface area contributed by atoms with Crippen molar-refractivity contribution in [1.29, 1.82) is 0 Å². The van der Waals surface area contributed by atoms with Crippen LogP contribution in [0.2, 0.25) is 0 Å². The summed E-state index contributed by atoms with van der Waals surface area (Å²) in [6.45, 7) is 6.39. The zero-order chi connectivity index (χ0) is 14.0. The predicted molar refractivity (Wildman–Crippen MR) is 78.0 cm³/mol. The normalized spacial score (nSPS) is 11.3. The number of carboxylic acids is 1. The highest BCUT2D eigenvalue weighted by Crippen LogP contribution is 2.28. The van der Waals surface area contributed by atoms with Gasteiger partial charge in [-0.05, 0) is 37.9 Å². The Hall–Kier alpha value is -0.640. The Kier molecular flexibility index (Phi) is 8.98. The van der Waals surface area contributed by atoms with Gasteiger partial charge in [-0.15, -0.1) is 0 Å². The Balaban J connectivity index is 4.30. The number of aliphatic carboxylic acids is 1. The maximum atomic E-state index is 10.5. The van der Waals surface area contributed by atoms with E-state index < -0.39 is 5.97 Å². The van der Waals surface area contributed by atoms with Crippen molar-refractivity contribution < 1.29 is 14.6 Å². The number of carboxylic acid groups (broad SMARTS) is 1. The van der Waals surface area contributed by atoms with Gasteiger partial charge in [0.2, 0.25) is 0 Å². The summed E-state index contributed by atoms with van der Waals surface area (Å²) in [5.74, 6) is -0.828. The summed E-state index contributed by atoms with van der Waals surface area (Å²) in [6.07, 6.45) is 6.75. The van der Waals surface area contributed by atoms with E-state index in [0.29, 0.717) is 11.5 Å². The third-order valence-corrected chi connectivity index (χ3v) is 3.69. The van der Waals surface area contributed by atoms with Gasteiger partial charge >= 0.3 is 5.97 Å². The second-order valence-electron chi connectivity index (χ2n) is 4.72. The lowest BCUT2D eigenvalue weighted by atomic mass is 9.90. The van der Waals surface area contributed by atoms with Gasteiger partial charge in [0.15, 0.2) is 5.05 Å². The summed E-state index contributed by atoms with van der Waals surface area (Å²) in [5, 5.41) is 9.08. The fourth-order valence-corrected chi connectivity index (χ4v) is 2.28. The minimum absolute atomic E-state index is 0.0529. The van der Waals surface area contributed by atoms with Crippen molar-refractivity contribution in [2.24, 2.45) is 0 Å². The van der Waals surface area contributed by atoms with Crippen LogP contribution in [0.4, 0.5) is 0 Å². The standard InChI is InChI=1S/C14H26O3S/c1-4-7-8-11-14(5-2,6-3)17-13(18)10-9-12(15)16/h4-11H2,1-3H3,(H,15,16). The Morgan fingerprint density at radius 1 is 1.17 bits per heavy atom. The fourth-order valence-electron chi connectivity index (χ4n) is 2.00. The van der Waals surface area contributed by atoms with E-state index in [1.165, 1.54) is 12.8 Å². The van der Waals surface area contributed by atoms with E-state index in [9.17, 15) is 4.79 Å². The smallest absolute Gasteiger partial charge is 0.303 e. The maximum Gasteiger partial charge on any atom is 0.303 e. The Labute approximate surface area is 116 Å². The number of rotatable bonds is 10. The van der Waals surface area contributed by atoms with Gasteiger partial charge in [0.25, 0.3) is 0 Å². The molecule has 0 bridgehead atoms. The first kappa shape index (κ1) is 17.4. The molecule has 0 amide bonds. The van der Waals surface area contributed by atoms with Crippen LogP contribution in [0.5, 0.6) is 0 Å². The van der Waals surface area contributed by atoms with Crippen LogP contribution in [0.25, 0.3) is 0 Å². The summed E-state index contributed by atoms with van der Waals surface area (Å²) in [6, 6.07) is 0. The van der Waals surface area contributed by atoms with Crippen LogP contribution < -0.4 is 0 Å². The second kappa shape index (κ2) is 9.31. The van der Waals surface area contributed by atoms with Gasteiger partial charge in [0.05, 0.1) is 6.42 Å². The molecule has 106 valence electrons. The summed E-state index contributed by atoms with van der Waals surface area (Å²) in [4.78, 5) is 10.5. The van der Waals surface area contributed by atoms with E-state index >= 15 is 0 Å². The van der Waals surface area contributed by atoms with Gasteiger partial charge in [-0.25, -0.2) is 0 Å². The Morgan fingerprint density at radius 3 is 2.22 bits per heavy atom. The quantitative estimate of drug-likeness (QED) is 0.475. The number of hydrogen-bond acceptors (Lipinski definition) is 3. The van der Waals surface area contributed by atoms with Crippen molar-refractivity contribution >= 4 is 23.2 Å². The average Bonchev–Trinajstić information content (AvgIpc) is 2.35. The number of unbranched alkanes of at least 4 members (excludes halogenated alkanes) is 2. The molecule has 0 aromatic carbocycles. The molecule has 18 heavy (non-hydrogen) atoms.